The molecule has 0 aliphatic carbocycles. The number of hydrogen-bond donors (Lipinski definition) is 2. The summed E-state index contributed by atoms with van der Waals surface area (Å²) < 4.78 is 34.9. The van der Waals surface area contributed by atoms with E-state index >= 15 is 0 Å². The monoisotopic (exact) mass is 502 g/mol. The Morgan fingerprint density at radius 1 is 1.14 bits per heavy atom. The fourth-order valence-electron chi connectivity index (χ4n) is 3.74. The summed E-state index contributed by atoms with van der Waals surface area (Å²) in [6, 6.07) is 7.15. The third kappa shape index (κ3) is 5.37. The molecule has 0 aliphatic rings. The van der Waals surface area contributed by atoms with Crippen LogP contribution in [0.2, 0.25) is 0 Å². The van der Waals surface area contributed by atoms with E-state index in [1.165, 1.54) is 46.5 Å². The molecule has 0 aliphatic heterocycles. The van der Waals surface area contributed by atoms with Crippen LogP contribution in [0.3, 0.4) is 0 Å². The van der Waals surface area contributed by atoms with Gasteiger partial charge in [0.15, 0.2) is 11.5 Å². The molecule has 1 atom stereocenters. The van der Waals surface area contributed by atoms with E-state index in [1.54, 1.807) is 0 Å². The second kappa shape index (κ2) is 10.8. The molecule has 0 radical (unpaired) electrons. The second-order valence-electron chi connectivity index (χ2n) is 7.63. The van der Waals surface area contributed by atoms with E-state index in [1.807, 2.05) is 0 Å². The Labute approximate surface area is 204 Å². The minimum atomic E-state index is -1.06. The number of nitrogens with zero attached hydrogens (tertiary/aromatic N) is 1. The predicted molar refractivity (Wildman–Crippen MR) is 126 cm³/mol. The van der Waals surface area contributed by atoms with Gasteiger partial charge in [0.2, 0.25) is 17.5 Å². The molecule has 1 amide bonds. The molecule has 0 saturated heterocycles. The van der Waals surface area contributed by atoms with Crippen LogP contribution >= 0.6 is 0 Å². The van der Waals surface area contributed by atoms with Crippen molar-refractivity contribution in [1.29, 1.82) is 0 Å². The molecule has 1 aromatic heterocycles. The largest absolute Gasteiger partial charge is 0.507 e. The number of anilines is 1. The van der Waals surface area contributed by atoms with Gasteiger partial charge in [-0.25, -0.2) is 4.79 Å². The van der Waals surface area contributed by atoms with Crippen LogP contribution in [-0.4, -0.2) is 37.3 Å². The summed E-state index contributed by atoms with van der Waals surface area (Å²) in [4.78, 5) is 35.8. The van der Waals surface area contributed by atoms with E-state index in [0.29, 0.717) is 5.56 Å². The Kier molecular flexibility index (Phi) is 7.77. The van der Waals surface area contributed by atoms with Crippen LogP contribution in [0.4, 0.5) is 15.8 Å². The van der Waals surface area contributed by atoms with Gasteiger partial charge in [-0.3, -0.25) is 14.9 Å². The minimum Gasteiger partial charge on any atom is -0.507 e. The van der Waals surface area contributed by atoms with Crippen molar-refractivity contribution in [3.05, 3.63) is 79.6 Å². The summed E-state index contributed by atoms with van der Waals surface area (Å²) >= 11 is 0. The van der Waals surface area contributed by atoms with Crippen LogP contribution in [-0.2, 0) is 4.79 Å². The molecule has 1 unspecified atom stereocenters. The zero-order valence-corrected chi connectivity index (χ0v) is 19.8. The number of benzene rings is 2. The molecule has 36 heavy (non-hydrogen) atoms. The van der Waals surface area contributed by atoms with E-state index in [9.17, 15) is 29.2 Å². The topological polar surface area (TPSA) is 150 Å². The number of halogens is 1. The Balaban J connectivity index is 2.09. The van der Waals surface area contributed by atoms with Gasteiger partial charge >= 0.3 is 11.3 Å². The standard InChI is InChI=1S/C24H23FN2O9/c1-12-7-18(28)22(24(30)36-12)15(13-8-19(33-2)23(35-4)20(9-13)34-3)11-21(29)26-14-5-6-16(25)17(10-14)27(31)32/h5-10,15,28H,11H2,1-4H3,(H,26,29). The molecule has 0 fully saturated rings. The number of aromatic hydroxyl groups is 1. The number of aryl methyl sites for hydroxylation is 1. The van der Waals surface area contributed by atoms with Gasteiger partial charge in [-0.1, -0.05) is 0 Å². The van der Waals surface area contributed by atoms with Gasteiger partial charge < -0.3 is 29.1 Å². The molecule has 190 valence electrons. The third-order valence-corrected chi connectivity index (χ3v) is 5.34. The highest BCUT2D eigenvalue weighted by atomic mass is 19.1. The lowest BCUT2D eigenvalue weighted by Crippen LogP contribution is -2.21. The van der Waals surface area contributed by atoms with Crippen molar-refractivity contribution in [3.8, 4) is 23.0 Å². The van der Waals surface area contributed by atoms with Crippen LogP contribution in [0.5, 0.6) is 23.0 Å². The number of hydrogen-bond acceptors (Lipinski definition) is 9. The maximum Gasteiger partial charge on any atom is 0.343 e. The molecule has 3 aromatic rings. The lowest BCUT2D eigenvalue weighted by atomic mass is 9.88. The van der Waals surface area contributed by atoms with E-state index in [2.05, 4.69) is 5.32 Å². The van der Waals surface area contributed by atoms with E-state index < -0.39 is 46.0 Å². The van der Waals surface area contributed by atoms with Gasteiger partial charge in [0, 0.05) is 30.2 Å². The van der Waals surface area contributed by atoms with E-state index in [4.69, 9.17) is 18.6 Å². The van der Waals surface area contributed by atoms with Gasteiger partial charge in [-0.05, 0) is 36.8 Å². The molecule has 2 aromatic carbocycles. The zero-order valence-electron chi connectivity index (χ0n) is 19.8. The normalized spacial score (nSPS) is 11.5. The quantitative estimate of drug-likeness (QED) is 0.328. The van der Waals surface area contributed by atoms with Crippen LogP contribution in [0.25, 0.3) is 0 Å². The van der Waals surface area contributed by atoms with Crippen molar-refractivity contribution in [2.45, 2.75) is 19.3 Å². The predicted octanol–water partition coefficient (Wildman–Crippen LogP) is 3.89. The number of rotatable bonds is 9. The molecule has 3 rings (SSSR count). The second-order valence-corrected chi connectivity index (χ2v) is 7.63. The van der Waals surface area contributed by atoms with E-state index in [-0.39, 0.29) is 34.3 Å². The molecule has 2 N–H and O–H groups in total. The van der Waals surface area contributed by atoms with Crippen molar-refractivity contribution in [3.63, 3.8) is 0 Å². The first-order valence-corrected chi connectivity index (χ1v) is 10.5. The fourth-order valence-corrected chi connectivity index (χ4v) is 3.74. The molecule has 0 saturated carbocycles. The lowest BCUT2D eigenvalue weighted by molar-refractivity contribution is -0.387. The summed E-state index contributed by atoms with van der Waals surface area (Å²) in [5, 5.41) is 24.1. The molecule has 0 spiro atoms. The highest BCUT2D eigenvalue weighted by Gasteiger charge is 2.28. The molecular formula is C24H23FN2O9. The maximum atomic E-state index is 13.7. The van der Waals surface area contributed by atoms with E-state index in [0.717, 1.165) is 18.2 Å². The highest BCUT2D eigenvalue weighted by molar-refractivity contribution is 5.92. The summed E-state index contributed by atoms with van der Waals surface area (Å²) in [6.07, 6.45) is -0.412. The third-order valence-electron chi connectivity index (χ3n) is 5.34. The maximum absolute atomic E-state index is 13.7. The van der Waals surface area contributed by atoms with Crippen molar-refractivity contribution in [2.75, 3.05) is 26.6 Å². The fraction of sp³-hybridized carbons (Fsp3) is 0.250. The number of nitro benzene ring substituents is 1. The van der Waals surface area contributed by atoms with Crippen molar-refractivity contribution < 1.29 is 37.8 Å². The van der Waals surface area contributed by atoms with Gasteiger partial charge in [0.25, 0.3) is 0 Å². The van der Waals surface area contributed by atoms with Crippen LogP contribution in [0.1, 0.15) is 29.2 Å². The first-order chi connectivity index (χ1) is 17.1. The van der Waals surface area contributed by atoms with Gasteiger partial charge in [0.1, 0.15) is 11.5 Å². The number of amides is 1. The Bertz CT molecular complexity index is 1350. The highest BCUT2D eigenvalue weighted by Crippen LogP contribution is 2.43. The summed E-state index contributed by atoms with van der Waals surface area (Å²) in [7, 11) is 4.19. The van der Waals surface area contributed by atoms with Gasteiger partial charge in [-0.2, -0.15) is 4.39 Å². The zero-order chi connectivity index (χ0) is 26.6. The Morgan fingerprint density at radius 2 is 1.78 bits per heavy atom. The summed E-state index contributed by atoms with van der Waals surface area (Å²) in [6.45, 7) is 1.48. The van der Waals surface area contributed by atoms with Crippen LogP contribution in [0, 0.1) is 22.9 Å². The average Bonchev–Trinajstić information content (AvgIpc) is 2.82. The average molecular weight is 502 g/mol. The van der Waals surface area contributed by atoms with Crippen LogP contribution in [0.15, 0.2) is 45.6 Å². The lowest BCUT2D eigenvalue weighted by Gasteiger charge is -2.21. The van der Waals surface area contributed by atoms with Crippen molar-refractivity contribution >= 4 is 17.3 Å². The molecule has 12 heteroatoms. The minimum absolute atomic E-state index is 0.0306. The molecule has 1 heterocycles. The summed E-state index contributed by atoms with van der Waals surface area (Å²) in [5.41, 5.74) is -1.56. The first kappa shape index (κ1) is 26.0. The van der Waals surface area contributed by atoms with Gasteiger partial charge in [-0.15, -0.1) is 0 Å². The number of ether oxygens (including phenoxy) is 3. The van der Waals surface area contributed by atoms with Crippen molar-refractivity contribution in [1.82, 2.24) is 0 Å². The number of nitrogens with one attached hydrogen (secondary N) is 1. The molecular weight excluding hydrogens is 479 g/mol. The number of carbonyl (C=O) groups excluding carboxylic acids is 1. The Morgan fingerprint density at radius 3 is 2.31 bits per heavy atom. The SMILES string of the molecule is COc1cc(C(CC(=O)Nc2ccc(F)c([N+](=O)[O-])c2)c2c(O)cc(C)oc2=O)cc(OC)c1OC. The Hall–Kier alpha value is -4.61. The number of methoxy groups -OCH3 is 3. The first-order valence-electron chi connectivity index (χ1n) is 10.5. The van der Waals surface area contributed by atoms with Gasteiger partial charge in [0.05, 0.1) is 31.8 Å². The van der Waals surface area contributed by atoms with Crippen molar-refractivity contribution in [2.24, 2.45) is 0 Å². The smallest absolute Gasteiger partial charge is 0.343 e. The van der Waals surface area contributed by atoms with Crippen LogP contribution < -0.4 is 25.2 Å². The number of carbonyl (C=O) groups is 1. The number of nitro groups is 1. The summed E-state index contributed by atoms with van der Waals surface area (Å²) in [5.74, 6) is -2.30. The molecule has 0 bridgehead atoms. The molecule has 11 nitrogen and oxygen atoms in total.